The molecule has 1 unspecified atom stereocenters. The predicted octanol–water partition coefficient (Wildman–Crippen LogP) is 2.85. The molecule has 1 heterocycles. The van der Waals surface area contributed by atoms with Crippen LogP contribution in [0.5, 0.6) is 0 Å². The number of carbonyl (C=O) groups is 1. The van der Waals surface area contributed by atoms with Crippen molar-refractivity contribution >= 4 is 44.6 Å². The maximum Gasteiger partial charge on any atom is 0.267 e. The standard InChI is InChI=1S/C16H17Cl2N3O3S/c1-2-21(12-6-7-25(23,24)10-12)9-11(8-19)16(22)20-14-5-3-4-13(17)15(14)18/h3-5,9,12H,2,6-7,10H2,1H3,(H,20,22)/b11-9-. The lowest BCUT2D eigenvalue weighted by atomic mass is 10.2. The summed E-state index contributed by atoms with van der Waals surface area (Å²) in [6, 6.07) is 6.39. The molecule has 2 rings (SSSR count). The summed E-state index contributed by atoms with van der Waals surface area (Å²) >= 11 is 11.9. The van der Waals surface area contributed by atoms with Crippen molar-refractivity contribution in [2.45, 2.75) is 19.4 Å². The Morgan fingerprint density at radius 2 is 2.20 bits per heavy atom. The number of anilines is 1. The third kappa shape index (κ3) is 4.88. The molecule has 1 amide bonds. The SMILES string of the molecule is CCN(/C=C(/C#N)C(=O)Nc1cccc(Cl)c1Cl)C1CCS(=O)(=O)C1. The number of nitrogens with one attached hydrogen (secondary N) is 1. The molecule has 0 saturated carbocycles. The summed E-state index contributed by atoms with van der Waals surface area (Å²) in [6.07, 6.45) is 1.88. The molecule has 1 atom stereocenters. The quantitative estimate of drug-likeness (QED) is 0.604. The molecule has 1 aromatic carbocycles. The first-order valence-electron chi connectivity index (χ1n) is 7.61. The Balaban J connectivity index is 2.19. The summed E-state index contributed by atoms with van der Waals surface area (Å²) in [6.45, 7) is 2.32. The molecule has 1 aliphatic heterocycles. The number of halogens is 2. The number of carbonyl (C=O) groups excluding carboxylic acids is 1. The summed E-state index contributed by atoms with van der Waals surface area (Å²) in [7, 11) is -3.06. The monoisotopic (exact) mass is 401 g/mol. The average molecular weight is 402 g/mol. The highest BCUT2D eigenvalue weighted by Crippen LogP contribution is 2.29. The molecule has 1 aliphatic rings. The van der Waals surface area contributed by atoms with E-state index in [1.807, 2.05) is 13.0 Å². The van der Waals surface area contributed by atoms with Crippen LogP contribution in [0.2, 0.25) is 10.0 Å². The van der Waals surface area contributed by atoms with Crippen LogP contribution in [0, 0.1) is 11.3 Å². The van der Waals surface area contributed by atoms with Gasteiger partial charge < -0.3 is 10.2 Å². The average Bonchev–Trinajstić information content (AvgIpc) is 2.92. The number of rotatable bonds is 5. The molecule has 0 radical (unpaired) electrons. The zero-order chi connectivity index (χ0) is 18.6. The lowest BCUT2D eigenvalue weighted by Gasteiger charge is -2.25. The number of sulfone groups is 1. The topological polar surface area (TPSA) is 90.3 Å². The molecule has 1 fully saturated rings. The highest BCUT2D eigenvalue weighted by Gasteiger charge is 2.31. The van der Waals surface area contributed by atoms with Gasteiger partial charge in [0.1, 0.15) is 11.6 Å². The molecule has 1 N–H and O–H groups in total. The molecule has 0 spiro atoms. The second kappa shape index (κ2) is 8.09. The largest absolute Gasteiger partial charge is 0.372 e. The molecular formula is C16H17Cl2N3O3S. The number of benzene rings is 1. The lowest BCUT2D eigenvalue weighted by Crippen LogP contribution is -2.32. The first-order valence-corrected chi connectivity index (χ1v) is 10.2. The van der Waals surface area contributed by atoms with Crippen molar-refractivity contribution in [1.29, 1.82) is 5.26 Å². The van der Waals surface area contributed by atoms with Gasteiger partial charge in [-0.05, 0) is 25.5 Å². The van der Waals surface area contributed by atoms with Gasteiger partial charge in [-0.25, -0.2) is 8.42 Å². The van der Waals surface area contributed by atoms with E-state index in [1.54, 1.807) is 23.1 Å². The van der Waals surface area contributed by atoms with Crippen LogP contribution in [0.25, 0.3) is 0 Å². The van der Waals surface area contributed by atoms with Gasteiger partial charge in [0.25, 0.3) is 5.91 Å². The Hall–Kier alpha value is -1.75. The minimum Gasteiger partial charge on any atom is -0.372 e. The van der Waals surface area contributed by atoms with Crippen LogP contribution in [0.4, 0.5) is 5.69 Å². The number of hydrogen-bond donors (Lipinski definition) is 1. The number of nitriles is 1. The van der Waals surface area contributed by atoms with Crippen LogP contribution in [0.3, 0.4) is 0 Å². The minimum absolute atomic E-state index is 0.0256. The number of amides is 1. The molecule has 0 aromatic heterocycles. The lowest BCUT2D eigenvalue weighted by molar-refractivity contribution is -0.112. The summed E-state index contributed by atoms with van der Waals surface area (Å²) in [5.41, 5.74) is 0.161. The molecule has 0 bridgehead atoms. The first kappa shape index (κ1) is 19.6. The maximum atomic E-state index is 12.4. The molecule has 0 aliphatic carbocycles. The zero-order valence-electron chi connectivity index (χ0n) is 13.5. The third-order valence-corrected chi connectivity index (χ3v) is 6.47. The van der Waals surface area contributed by atoms with Crippen molar-refractivity contribution in [3.63, 3.8) is 0 Å². The summed E-state index contributed by atoms with van der Waals surface area (Å²) in [4.78, 5) is 14.1. The highest BCUT2D eigenvalue weighted by molar-refractivity contribution is 7.91. The Labute approximate surface area is 156 Å². The third-order valence-electron chi connectivity index (χ3n) is 3.90. The summed E-state index contributed by atoms with van der Waals surface area (Å²) in [5, 5.41) is 12.3. The van der Waals surface area contributed by atoms with Crippen LogP contribution in [-0.2, 0) is 14.6 Å². The normalized spacial score (nSPS) is 19.3. The van der Waals surface area contributed by atoms with Gasteiger partial charge in [0, 0.05) is 18.8 Å². The van der Waals surface area contributed by atoms with Crippen LogP contribution in [0.1, 0.15) is 13.3 Å². The van der Waals surface area contributed by atoms with Gasteiger partial charge in [-0.15, -0.1) is 0 Å². The number of hydrogen-bond acceptors (Lipinski definition) is 5. The van der Waals surface area contributed by atoms with Gasteiger partial charge in [0.2, 0.25) is 0 Å². The van der Waals surface area contributed by atoms with Crippen molar-refractivity contribution in [2.75, 3.05) is 23.4 Å². The number of nitrogens with zero attached hydrogens (tertiary/aromatic N) is 2. The van der Waals surface area contributed by atoms with E-state index in [1.165, 1.54) is 6.20 Å². The van der Waals surface area contributed by atoms with Gasteiger partial charge in [-0.2, -0.15) is 5.26 Å². The highest BCUT2D eigenvalue weighted by atomic mass is 35.5. The van der Waals surface area contributed by atoms with E-state index in [0.29, 0.717) is 18.7 Å². The maximum absolute atomic E-state index is 12.4. The Bertz CT molecular complexity index is 847. The predicted molar refractivity (Wildman–Crippen MR) is 98.2 cm³/mol. The van der Waals surface area contributed by atoms with Crippen LogP contribution < -0.4 is 5.32 Å². The van der Waals surface area contributed by atoms with E-state index in [4.69, 9.17) is 23.2 Å². The fraction of sp³-hybridized carbons (Fsp3) is 0.375. The van der Waals surface area contributed by atoms with Gasteiger partial charge in [0.05, 0.1) is 27.2 Å². The fourth-order valence-corrected chi connectivity index (χ4v) is 4.68. The summed E-state index contributed by atoms with van der Waals surface area (Å²) in [5.74, 6) is -0.489. The van der Waals surface area contributed by atoms with Gasteiger partial charge in [0.15, 0.2) is 9.84 Å². The van der Waals surface area contributed by atoms with E-state index in [9.17, 15) is 18.5 Å². The molecule has 9 heteroatoms. The fourth-order valence-electron chi connectivity index (χ4n) is 2.59. The second-order valence-corrected chi connectivity index (χ2v) is 8.61. The van der Waals surface area contributed by atoms with Crippen LogP contribution >= 0.6 is 23.2 Å². The smallest absolute Gasteiger partial charge is 0.267 e. The Morgan fingerprint density at radius 3 is 2.76 bits per heavy atom. The first-order chi connectivity index (χ1) is 11.8. The van der Waals surface area contributed by atoms with Crippen molar-refractivity contribution in [1.82, 2.24) is 4.90 Å². The molecule has 25 heavy (non-hydrogen) atoms. The van der Waals surface area contributed by atoms with Crippen molar-refractivity contribution < 1.29 is 13.2 Å². The summed E-state index contributed by atoms with van der Waals surface area (Å²) < 4.78 is 23.3. The van der Waals surface area contributed by atoms with E-state index < -0.39 is 15.7 Å². The van der Waals surface area contributed by atoms with E-state index in [0.717, 1.165) is 0 Å². The van der Waals surface area contributed by atoms with Crippen LogP contribution in [0.15, 0.2) is 30.0 Å². The second-order valence-electron chi connectivity index (χ2n) is 5.60. The molecule has 1 aromatic rings. The van der Waals surface area contributed by atoms with Gasteiger partial charge in [-0.1, -0.05) is 29.3 Å². The molecule has 1 saturated heterocycles. The van der Waals surface area contributed by atoms with Crippen molar-refractivity contribution in [3.8, 4) is 6.07 Å². The van der Waals surface area contributed by atoms with E-state index >= 15 is 0 Å². The molecular weight excluding hydrogens is 385 g/mol. The van der Waals surface area contributed by atoms with Crippen molar-refractivity contribution in [2.24, 2.45) is 0 Å². The van der Waals surface area contributed by atoms with Gasteiger partial charge >= 0.3 is 0 Å². The molecule has 134 valence electrons. The van der Waals surface area contributed by atoms with Crippen LogP contribution in [-0.4, -0.2) is 43.3 Å². The van der Waals surface area contributed by atoms with E-state index in [-0.39, 0.29) is 33.2 Å². The Morgan fingerprint density at radius 1 is 1.48 bits per heavy atom. The minimum atomic E-state index is -3.06. The van der Waals surface area contributed by atoms with Gasteiger partial charge in [-0.3, -0.25) is 4.79 Å². The van der Waals surface area contributed by atoms with E-state index in [2.05, 4.69) is 5.32 Å². The molecule has 6 nitrogen and oxygen atoms in total. The van der Waals surface area contributed by atoms with Crippen molar-refractivity contribution in [3.05, 3.63) is 40.0 Å². The Kier molecular flexibility index (Phi) is 6.33. The zero-order valence-corrected chi connectivity index (χ0v) is 15.8.